The van der Waals surface area contributed by atoms with Crippen molar-refractivity contribution >= 4 is 17.7 Å². The van der Waals surface area contributed by atoms with E-state index in [1.165, 1.54) is 4.90 Å². The maximum atomic E-state index is 11.0. The van der Waals surface area contributed by atoms with E-state index in [-0.39, 0.29) is 12.6 Å². The smallest absolute Gasteiger partial charge is 0.407 e. The highest BCUT2D eigenvalue weighted by atomic mass is 35.5. The molecule has 1 aromatic carbocycles. The van der Waals surface area contributed by atoms with Crippen LogP contribution >= 0.6 is 11.6 Å². The normalized spacial score (nSPS) is 28.0. The first-order valence-corrected chi connectivity index (χ1v) is 8.15. The summed E-state index contributed by atoms with van der Waals surface area (Å²) in [7, 11) is 0. The van der Waals surface area contributed by atoms with Crippen molar-refractivity contribution in [3.05, 3.63) is 34.9 Å². The molecule has 3 rings (SSSR count). The van der Waals surface area contributed by atoms with E-state index in [2.05, 4.69) is 4.90 Å². The van der Waals surface area contributed by atoms with E-state index >= 15 is 0 Å². The number of benzene rings is 1. The van der Waals surface area contributed by atoms with Gasteiger partial charge in [0.2, 0.25) is 0 Å². The van der Waals surface area contributed by atoms with Gasteiger partial charge in [0.1, 0.15) is 0 Å². The Hall–Kier alpha value is -1.34. The van der Waals surface area contributed by atoms with Crippen molar-refractivity contribution in [2.24, 2.45) is 0 Å². The fraction of sp³-hybridized carbons (Fsp3) is 0.562. The molecule has 0 spiro atoms. The minimum atomic E-state index is -0.999. The molecule has 6 nitrogen and oxygen atoms in total. The summed E-state index contributed by atoms with van der Waals surface area (Å²) in [5, 5.41) is 30.7. The van der Waals surface area contributed by atoms with Gasteiger partial charge in [0.25, 0.3) is 0 Å². The predicted molar refractivity (Wildman–Crippen MR) is 85.5 cm³/mol. The predicted octanol–water partition coefficient (Wildman–Crippen LogP) is 1.35. The summed E-state index contributed by atoms with van der Waals surface area (Å²) in [6.07, 6.45) is -0.579. The lowest BCUT2D eigenvalue weighted by Gasteiger charge is -2.41. The lowest BCUT2D eigenvalue weighted by Crippen LogP contribution is -2.51. The molecule has 2 fully saturated rings. The Bertz CT molecular complexity index is 572. The third-order valence-electron chi connectivity index (χ3n) is 5.01. The van der Waals surface area contributed by atoms with Crippen LogP contribution < -0.4 is 0 Å². The number of hydrogen-bond acceptors (Lipinski definition) is 4. The van der Waals surface area contributed by atoms with Crippen LogP contribution in [0.2, 0.25) is 5.02 Å². The minimum Gasteiger partial charge on any atom is -0.465 e. The lowest BCUT2D eigenvalue weighted by molar-refractivity contribution is -0.0452. The lowest BCUT2D eigenvalue weighted by atomic mass is 9.84. The number of halogens is 1. The Kier molecular flexibility index (Phi) is 4.51. The summed E-state index contributed by atoms with van der Waals surface area (Å²) >= 11 is 5.89. The third kappa shape index (κ3) is 3.30. The number of piperidine rings is 1. The average molecular weight is 341 g/mol. The third-order valence-corrected chi connectivity index (χ3v) is 5.26. The van der Waals surface area contributed by atoms with Crippen LogP contribution in [0.5, 0.6) is 0 Å². The first kappa shape index (κ1) is 16.5. The molecule has 1 amide bonds. The maximum Gasteiger partial charge on any atom is 0.407 e. The van der Waals surface area contributed by atoms with Crippen molar-refractivity contribution in [1.29, 1.82) is 0 Å². The molecule has 23 heavy (non-hydrogen) atoms. The van der Waals surface area contributed by atoms with E-state index in [0.29, 0.717) is 37.5 Å². The second-order valence-corrected chi connectivity index (χ2v) is 6.83. The van der Waals surface area contributed by atoms with Gasteiger partial charge in [-0.1, -0.05) is 23.7 Å². The highest BCUT2D eigenvalue weighted by Gasteiger charge is 2.42. The van der Waals surface area contributed by atoms with Gasteiger partial charge in [0, 0.05) is 24.7 Å². The van der Waals surface area contributed by atoms with Crippen LogP contribution in [0.25, 0.3) is 0 Å². The average Bonchev–Trinajstić information content (AvgIpc) is 2.91. The number of amides is 1. The molecule has 2 atom stereocenters. The summed E-state index contributed by atoms with van der Waals surface area (Å²) in [6, 6.07) is 7.03. The number of carbonyl (C=O) groups is 1. The van der Waals surface area contributed by atoms with E-state index in [1.54, 1.807) is 12.1 Å². The number of nitrogens with zero attached hydrogens (tertiary/aromatic N) is 2. The topological polar surface area (TPSA) is 84.2 Å². The van der Waals surface area contributed by atoms with Crippen molar-refractivity contribution in [2.75, 3.05) is 26.2 Å². The molecule has 0 unspecified atom stereocenters. The first-order chi connectivity index (χ1) is 10.9. The van der Waals surface area contributed by atoms with Gasteiger partial charge in [-0.3, -0.25) is 4.90 Å². The Morgan fingerprint density at radius 2 is 1.78 bits per heavy atom. The Balaban J connectivity index is 1.64. The molecule has 3 N–H and O–H groups in total. The Morgan fingerprint density at radius 3 is 2.30 bits per heavy atom. The molecule has 1 aromatic rings. The fourth-order valence-electron chi connectivity index (χ4n) is 3.56. The Morgan fingerprint density at radius 1 is 1.17 bits per heavy atom. The second kappa shape index (κ2) is 6.28. The van der Waals surface area contributed by atoms with Gasteiger partial charge in [-0.05, 0) is 30.5 Å². The Labute approximate surface area is 139 Å². The number of β-amino-alcohol motifs (C(OH)–C–C–N with tert-alkyl or cyclic N) is 1. The van der Waals surface area contributed by atoms with Crippen LogP contribution in [0.1, 0.15) is 18.4 Å². The van der Waals surface area contributed by atoms with E-state index in [1.807, 2.05) is 12.1 Å². The van der Waals surface area contributed by atoms with Gasteiger partial charge in [0.15, 0.2) is 0 Å². The largest absolute Gasteiger partial charge is 0.465 e. The number of carboxylic acid groups (broad SMARTS) is 1. The van der Waals surface area contributed by atoms with Gasteiger partial charge in [-0.25, -0.2) is 4.79 Å². The number of aliphatic hydroxyl groups is 2. The van der Waals surface area contributed by atoms with Gasteiger partial charge >= 0.3 is 6.09 Å². The number of hydrogen-bond donors (Lipinski definition) is 3. The second-order valence-electron chi connectivity index (χ2n) is 6.40. The molecule has 126 valence electrons. The van der Waals surface area contributed by atoms with Crippen LogP contribution in [0.15, 0.2) is 24.3 Å². The number of rotatable bonds is 2. The van der Waals surface area contributed by atoms with Crippen molar-refractivity contribution in [1.82, 2.24) is 9.80 Å². The van der Waals surface area contributed by atoms with E-state index in [9.17, 15) is 15.0 Å². The molecular weight excluding hydrogens is 320 g/mol. The SMILES string of the molecule is O=C(O)N1C[C@H](O)[C@@H](N2CCC(O)(c3ccc(Cl)cc3)CC2)C1. The van der Waals surface area contributed by atoms with Crippen LogP contribution in [0.4, 0.5) is 4.79 Å². The summed E-state index contributed by atoms with van der Waals surface area (Å²) in [4.78, 5) is 14.4. The molecule has 2 aliphatic heterocycles. The van der Waals surface area contributed by atoms with Crippen molar-refractivity contribution in [3.63, 3.8) is 0 Å². The molecule has 2 saturated heterocycles. The summed E-state index contributed by atoms with van der Waals surface area (Å²) in [5.41, 5.74) is -0.0439. The molecule has 0 bridgehead atoms. The van der Waals surface area contributed by atoms with E-state index in [4.69, 9.17) is 16.7 Å². The molecule has 0 radical (unpaired) electrons. The molecular formula is C16H21ClN2O4. The van der Waals surface area contributed by atoms with Crippen molar-refractivity contribution in [2.45, 2.75) is 30.6 Å². The molecule has 2 aliphatic rings. The minimum absolute atomic E-state index is 0.151. The standard InChI is InChI=1S/C16H21ClN2O4/c17-12-3-1-11(2-4-12)16(23)5-7-18(8-6-16)13-9-19(15(21)22)10-14(13)20/h1-4,13-14,20,23H,5-10H2,(H,21,22)/t13-,14-/m0/s1. The quantitative estimate of drug-likeness (QED) is 0.756. The first-order valence-electron chi connectivity index (χ1n) is 7.77. The molecule has 0 aromatic heterocycles. The molecule has 2 heterocycles. The van der Waals surface area contributed by atoms with Crippen LogP contribution in [-0.4, -0.2) is 69.5 Å². The van der Waals surface area contributed by atoms with Crippen LogP contribution in [-0.2, 0) is 5.60 Å². The zero-order chi connectivity index (χ0) is 16.6. The highest BCUT2D eigenvalue weighted by Crippen LogP contribution is 2.35. The highest BCUT2D eigenvalue weighted by molar-refractivity contribution is 6.30. The van der Waals surface area contributed by atoms with Gasteiger partial charge in [0.05, 0.1) is 24.3 Å². The number of likely N-dealkylation sites (tertiary alicyclic amines) is 2. The molecule has 0 saturated carbocycles. The monoisotopic (exact) mass is 340 g/mol. The summed E-state index contributed by atoms with van der Waals surface area (Å²) in [5.74, 6) is 0. The maximum absolute atomic E-state index is 11.0. The molecule has 0 aliphatic carbocycles. The van der Waals surface area contributed by atoms with Crippen LogP contribution in [0.3, 0.4) is 0 Å². The van der Waals surface area contributed by atoms with Gasteiger partial charge < -0.3 is 20.2 Å². The summed E-state index contributed by atoms with van der Waals surface area (Å²) < 4.78 is 0. The zero-order valence-electron chi connectivity index (χ0n) is 12.7. The fourth-order valence-corrected chi connectivity index (χ4v) is 3.68. The molecule has 7 heteroatoms. The number of aliphatic hydroxyl groups excluding tert-OH is 1. The van der Waals surface area contributed by atoms with E-state index < -0.39 is 17.8 Å². The van der Waals surface area contributed by atoms with Crippen LogP contribution in [0, 0.1) is 0 Å². The summed E-state index contributed by atoms with van der Waals surface area (Å²) in [6.45, 7) is 1.70. The van der Waals surface area contributed by atoms with Crippen molar-refractivity contribution < 1.29 is 20.1 Å². The van der Waals surface area contributed by atoms with E-state index in [0.717, 1.165) is 5.56 Å². The van der Waals surface area contributed by atoms with Gasteiger partial charge in [-0.15, -0.1) is 0 Å². The zero-order valence-corrected chi connectivity index (χ0v) is 13.5. The van der Waals surface area contributed by atoms with Crippen molar-refractivity contribution in [3.8, 4) is 0 Å². The van der Waals surface area contributed by atoms with Gasteiger partial charge in [-0.2, -0.15) is 0 Å².